The summed E-state index contributed by atoms with van der Waals surface area (Å²) in [5, 5.41) is 2.92. The van der Waals surface area contributed by atoms with Crippen molar-refractivity contribution in [2.45, 2.75) is 51.1 Å². The van der Waals surface area contributed by atoms with E-state index in [1.54, 1.807) is 24.3 Å². The molecule has 1 saturated carbocycles. The number of ether oxygens (including phenoxy) is 1. The lowest BCUT2D eigenvalue weighted by Gasteiger charge is -2.44. The molecule has 1 heterocycles. The van der Waals surface area contributed by atoms with E-state index < -0.39 is 0 Å². The summed E-state index contributed by atoms with van der Waals surface area (Å²) in [6.45, 7) is 1.34. The summed E-state index contributed by atoms with van der Waals surface area (Å²) in [4.78, 5) is 27.3. The normalized spacial score (nSPS) is 20.9. The fraction of sp³-hybridized carbons (Fsp3) is 0.440. The minimum atomic E-state index is -0.156. The standard InChI is InChI=1S/C25H30N2O3/c28-24(27-15-7-12-20-10-4-5-14-23(20)27)18-30-22-13-6-11-21(16-22)25(29)26-17-19-8-2-1-3-9-19/h1-3,6,8-9,11,13,16,20,23H,4-5,7,10,12,14-15,17-18H2,(H,26,29)/t20-,23-/m0/s1. The molecule has 2 atom stereocenters. The Morgan fingerprint density at radius 3 is 2.63 bits per heavy atom. The van der Waals surface area contributed by atoms with Crippen LogP contribution in [0.5, 0.6) is 5.75 Å². The van der Waals surface area contributed by atoms with Gasteiger partial charge in [0.1, 0.15) is 5.75 Å². The molecule has 1 N–H and O–H groups in total. The molecule has 158 valence electrons. The molecule has 5 heteroatoms. The molecule has 4 rings (SSSR count). The Morgan fingerprint density at radius 1 is 0.967 bits per heavy atom. The fourth-order valence-corrected chi connectivity index (χ4v) is 4.77. The summed E-state index contributed by atoms with van der Waals surface area (Å²) < 4.78 is 5.78. The number of amides is 2. The van der Waals surface area contributed by atoms with E-state index in [0.29, 0.717) is 29.8 Å². The van der Waals surface area contributed by atoms with Gasteiger partial charge in [-0.2, -0.15) is 0 Å². The Hall–Kier alpha value is -2.82. The van der Waals surface area contributed by atoms with Gasteiger partial charge in [-0.25, -0.2) is 0 Å². The number of carbonyl (C=O) groups is 2. The van der Waals surface area contributed by atoms with Crippen molar-refractivity contribution in [1.82, 2.24) is 10.2 Å². The van der Waals surface area contributed by atoms with Gasteiger partial charge >= 0.3 is 0 Å². The minimum Gasteiger partial charge on any atom is -0.484 e. The molecule has 2 aliphatic rings. The van der Waals surface area contributed by atoms with E-state index in [1.807, 2.05) is 35.2 Å². The number of rotatable bonds is 6. The number of likely N-dealkylation sites (tertiary alicyclic amines) is 1. The van der Waals surface area contributed by atoms with Crippen LogP contribution < -0.4 is 10.1 Å². The van der Waals surface area contributed by atoms with Crippen molar-refractivity contribution in [2.24, 2.45) is 5.92 Å². The molecule has 0 spiro atoms. The molecule has 5 nitrogen and oxygen atoms in total. The average molecular weight is 407 g/mol. The van der Waals surface area contributed by atoms with Crippen molar-refractivity contribution in [1.29, 1.82) is 0 Å². The molecule has 0 radical (unpaired) electrons. The van der Waals surface area contributed by atoms with Crippen LogP contribution in [0.1, 0.15) is 54.4 Å². The van der Waals surface area contributed by atoms with Gasteiger partial charge < -0.3 is 15.0 Å². The van der Waals surface area contributed by atoms with Gasteiger partial charge in [0, 0.05) is 24.7 Å². The number of carbonyl (C=O) groups excluding carboxylic acids is 2. The van der Waals surface area contributed by atoms with Crippen molar-refractivity contribution >= 4 is 11.8 Å². The first kappa shape index (κ1) is 20.5. The van der Waals surface area contributed by atoms with E-state index in [2.05, 4.69) is 5.32 Å². The smallest absolute Gasteiger partial charge is 0.260 e. The predicted molar refractivity (Wildman–Crippen MR) is 116 cm³/mol. The van der Waals surface area contributed by atoms with Crippen molar-refractivity contribution in [2.75, 3.05) is 13.2 Å². The first-order valence-electron chi connectivity index (χ1n) is 11.0. The van der Waals surface area contributed by atoms with Crippen molar-refractivity contribution < 1.29 is 14.3 Å². The Morgan fingerprint density at radius 2 is 1.77 bits per heavy atom. The van der Waals surface area contributed by atoms with Crippen LogP contribution >= 0.6 is 0 Å². The Labute approximate surface area is 178 Å². The van der Waals surface area contributed by atoms with Crippen LogP contribution in [0.2, 0.25) is 0 Å². The van der Waals surface area contributed by atoms with Crippen LogP contribution in [0.15, 0.2) is 54.6 Å². The third kappa shape index (κ3) is 5.02. The maximum atomic E-state index is 12.8. The van der Waals surface area contributed by atoms with E-state index in [9.17, 15) is 9.59 Å². The number of fused-ring (bicyclic) bond motifs is 1. The molecule has 2 aromatic rings. The lowest BCUT2D eigenvalue weighted by molar-refractivity contribution is -0.139. The number of hydrogen-bond donors (Lipinski definition) is 1. The number of benzene rings is 2. The Kier molecular flexibility index (Phi) is 6.67. The topological polar surface area (TPSA) is 58.6 Å². The summed E-state index contributed by atoms with van der Waals surface area (Å²) in [7, 11) is 0. The lowest BCUT2D eigenvalue weighted by Crippen LogP contribution is -2.51. The highest BCUT2D eigenvalue weighted by Crippen LogP contribution is 2.35. The zero-order valence-corrected chi connectivity index (χ0v) is 17.4. The van der Waals surface area contributed by atoms with Crippen LogP contribution in [0.4, 0.5) is 0 Å². The maximum absolute atomic E-state index is 12.8. The third-order valence-electron chi connectivity index (χ3n) is 6.32. The number of piperidine rings is 1. The monoisotopic (exact) mass is 406 g/mol. The van der Waals surface area contributed by atoms with Crippen LogP contribution in [0, 0.1) is 5.92 Å². The van der Waals surface area contributed by atoms with E-state index >= 15 is 0 Å². The van der Waals surface area contributed by atoms with Gasteiger partial charge in [-0.15, -0.1) is 0 Å². The zero-order valence-electron chi connectivity index (χ0n) is 17.4. The Balaban J connectivity index is 1.31. The number of nitrogens with zero attached hydrogens (tertiary/aromatic N) is 1. The molecular weight excluding hydrogens is 376 g/mol. The van der Waals surface area contributed by atoms with E-state index in [0.717, 1.165) is 24.9 Å². The van der Waals surface area contributed by atoms with Crippen LogP contribution in [0.3, 0.4) is 0 Å². The summed E-state index contributed by atoms with van der Waals surface area (Å²) in [6.07, 6.45) is 7.20. The quantitative estimate of drug-likeness (QED) is 0.783. The molecule has 1 aliphatic heterocycles. The van der Waals surface area contributed by atoms with Crippen LogP contribution in [0.25, 0.3) is 0 Å². The number of hydrogen-bond acceptors (Lipinski definition) is 3. The second-order valence-electron chi connectivity index (χ2n) is 8.33. The molecule has 1 saturated heterocycles. The largest absolute Gasteiger partial charge is 0.484 e. The highest BCUT2D eigenvalue weighted by molar-refractivity contribution is 5.94. The third-order valence-corrected chi connectivity index (χ3v) is 6.32. The highest BCUT2D eigenvalue weighted by atomic mass is 16.5. The zero-order chi connectivity index (χ0) is 20.8. The van der Waals surface area contributed by atoms with Crippen LogP contribution in [-0.2, 0) is 11.3 Å². The van der Waals surface area contributed by atoms with Gasteiger partial charge in [0.2, 0.25) is 0 Å². The highest BCUT2D eigenvalue weighted by Gasteiger charge is 2.35. The van der Waals surface area contributed by atoms with E-state index in [4.69, 9.17) is 4.74 Å². The average Bonchev–Trinajstić information content (AvgIpc) is 2.81. The predicted octanol–water partition coefficient (Wildman–Crippen LogP) is 4.18. The SMILES string of the molecule is O=C(NCc1ccccc1)c1cccc(OCC(=O)N2CCC[C@@H]3CCCC[C@@H]32)c1. The van der Waals surface area contributed by atoms with Crippen molar-refractivity contribution in [3.05, 3.63) is 65.7 Å². The number of nitrogens with one attached hydrogen (secondary N) is 1. The molecule has 2 aromatic carbocycles. The van der Waals surface area contributed by atoms with Gasteiger partial charge in [-0.1, -0.05) is 49.2 Å². The van der Waals surface area contributed by atoms with Gasteiger partial charge in [-0.3, -0.25) is 9.59 Å². The molecule has 1 aliphatic carbocycles. The Bertz CT molecular complexity index is 866. The lowest BCUT2D eigenvalue weighted by atomic mass is 9.78. The van der Waals surface area contributed by atoms with E-state index in [-0.39, 0.29) is 18.4 Å². The summed E-state index contributed by atoms with van der Waals surface area (Å²) in [5.74, 6) is 1.11. The molecule has 2 amide bonds. The van der Waals surface area contributed by atoms with Gasteiger partial charge in [0.05, 0.1) is 0 Å². The first-order valence-corrected chi connectivity index (χ1v) is 11.0. The molecule has 0 bridgehead atoms. The van der Waals surface area contributed by atoms with Gasteiger partial charge in [-0.05, 0) is 55.4 Å². The molecular formula is C25H30N2O3. The second kappa shape index (κ2) is 9.79. The molecule has 2 fully saturated rings. The van der Waals surface area contributed by atoms with Crippen molar-refractivity contribution in [3.8, 4) is 5.75 Å². The van der Waals surface area contributed by atoms with Crippen LogP contribution in [-0.4, -0.2) is 35.9 Å². The first-order chi connectivity index (χ1) is 14.7. The van der Waals surface area contributed by atoms with Gasteiger partial charge in [0.15, 0.2) is 6.61 Å². The second-order valence-corrected chi connectivity index (χ2v) is 8.33. The van der Waals surface area contributed by atoms with Gasteiger partial charge in [0.25, 0.3) is 11.8 Å². The van der Waals surface area contributed by atoms with Crippen molar-refractivity contribution in [3.63, 3.8) is 0 Å². The summed E-state index contributed by atoms with van der Waals surface area (Å²) in [6, 6.07) is 17.2. The molecule has 30 heavy (non-hydrogen) atoms. The molecule has 0 aromatic heterocycles. The fourth-order valence-electron chi connectivity index (χ4n) is 4.77. The summed E-state index contributed by atoms with van der Waals surface area (Å²) >= 11 is 0. The summed E-state index contributed by atoms with van der Waals surface area (Å²) in [5.41, 5.74) is 1.58. The minimum absolute atomic E-state index is 0.0261. The van der Waals surface area contributed by atoms with E-state index in [1.165, 1.54) is 25.7 Å². The maximum Gasteiger partial charge on any atom is 0.260 e. The molecule has 0 unspecified atom stereocenters.